The Morgan fingerprint density at radius 1 is 0.907 bits per heavy atom. The molecule has 2 N–H and O–H groups in total. The molecule has 0 bridgehead atoms. The predicted molar refractivity (Wildman–Crippen MR) is 159 cm³/mol. The third-order valence-electron chi connectivity index (χ3n) is 8.32. The van der Waals surface area contributed by atoms with Crippen LogP contribution in [0.4, 0.5) is 4.79 Å². The first kappa shape index (κ1) is 28.4. The lowest BCUT2D eigenvalue weighted by Gasteiger charge is -2.45. The Morgan fingerprint density at radius 3 is 2.33 bits per heavy atom. The maximum atomic E-state index is 13.8. The van der Waals surface area contributed by atoms with Crippen molar-refractivity contribution in [2.45, 2.75) is 43.8 Å². The van der Waals surface area contributed by atoms with E-state index in [4.69, 9.17) is 11.6 Å². The van der Waals surface area contributed by atoms with Crippen molar-refractivity contribution in [1.82, 2.24) is 35.3 Å². The molecule has 1 unspecified atom stereocenters. The number of amides is 3. The number of carbonyl (C=O) groups excluding carboxylic acids is 2. The van der Waals surface area contributed by atoms with Crippen LogP contribution in [0.1, 0.15) is 36.3 Å². The fraction of sp³-hybridized carbons (Fsp3) is 0.290. The van der Waals surface area contributed by atoms with Gasteiger partial charge in [-0.1, -0.05) is 66.2 Å². The number of halogens is 1. The third kappa shape index (κ3) is 5.94. The molecule has 2 aliphatic rings. The second kappa shape index (κ2) is 12.2. The van der Waals surface area contributed by atoms with Gasteiger partial charge in [0.1, 0.15) is 18.4 Å². The van der Waals surface area contributed by atoms with Crippen molar-refractivity contribution in [3.63, 3.8) is 0 Å². The molecule has 3 amide bonds. The number of piperidine rings is 1. The number of hydrogen-bond acceptors (Lipinski definition) is 6. The van der Waals surface area contributed by atoms with Gasteiger partial charge in [-0.15, -0.1) is 5.10 Å². The van der Waals surface area contributed by atoms with Gasteiger partial charge in [0.05, 0.1) is 5.69 Å². The van der Waals surface area contributed by atoms with Gasteiger partial charge in [-0.25, -0.2) is 9.48 Å². The summed E-state index contributed by atoms with van der Waals surface area (Å²) in [6.45, 7) is 0.791. The van der Waals surface area contributed by atoms with Crippen LogP contribution in [0.3, 0.4) is 0 Å². The molecule has 3 atom stereocenters. The highest BCUT2D eigenvalue weighted by molar-refractivity contribution is 6.30. The second-order valence-electron chi connectivity index (χ2n) is 10.8. The Hall–Kier alpha value is -4.77. The van der Waals surface area contributed by atoms with Crippen LogP contribution in [0.5, 0.6) is 0 Å². The van der Waals surface area contributed by atoms with Crippen LogP contribution in [-0.4, -0.2) is 78.2 Å². The molecule has 2 fully saturated rings. The average Bonchev–Trinajstić information content (AvgIpc) is 3.54. The van der Waals surface area contributed by atoms with Gasteiger partial charge in [0, 0.05) is 24.7 Å². The van der Waals surface area contributed by atoms with Crippen LogP contribution in [0, 0.1) is 0 Å². The van der Waals surface area contributed by atoms with Crippen molar-refractivity contribution >= 4 is 29.5 Å². The highest BCUT2D eigenvalue weighted by Gasteiger charge is 2.45. The number of tetrazole rings is 1. The first-order valence-corrected chi connectivity index (χ1v) is 14.5. The minimum absolute atomic E-state index is 0.0236. The molecule has 0 spiro atoms. The summed E-state index contributed by atoms with van der Waals surface area (Å²) in [6, 6.07) is 22.0. The summed E-state index contributed by atoms with van der Waals surface area (Å²) in [5.74, 6) is -0.625. The third-order valence-corrected chi connectivity index (χ3v) is 8.55. The van der Waals surface area contributed by atoms with Crippen molar-refractivity contribution in [2.75, 3.05) is 13.1 Å². The molecule has 0 radical (unpaired) electrons. The summed E-state index contributed by atoms with van der Waals surface area (Å²) >= 11 is 6.20. The van der Waals surface area contributed by atoms with E-state index in [9.17, 15) is 19.5 Å². The molecular weight excluding hydrogens is 570 g/mol. The zero-order chi connectivity index (χ0) is 29.9. The number of hydrogen-bond donors (Lipinski definition) is 2. The fourth-order valence-electron chi connectivity index (χ4n) is 5.92. The van der Waals surface area contributed by atoms with Crippen molar-refractivity contribution < 1.29 is 19.5 Å². The van der Waals surface area contributed by atoms with Gasteiger partial charge in [0.25, 0.3) is 0 Å². The lowest BCUT2D eigenvalue weighted by molar-refractivity contribution is -0.152. The van der Waals surface area contributed by atoms with E-state index in [1.54, 1.807) is 18.2 Å². The number of carbonyl (C=O) groups is 3. The lowest BCUT2D eigenvalue weighted by atomic mass is 9.83. The van der Waals surface area contributed by atoms with Crippen molar-refractivity contribution in [1.29, 1.82) is 0 Å². The van der Waals surface area contributed by atoms with Crippen LogP contribution in [0.25, 0.3) is 16.8 Å². The molecule has 4 aromatic rings. The molecule has 11 nitrogen and oxygen atoms in total. The van der Waals surface area contributed by atoms with E-state index in [0.717, 1.165) is 16.7 Å². The highest BCUT2D eigenvalue weighted by Crippen LogP contribution is 2.35. The fourth-order valence-corrected chi connectivity index (χ4v) is 6.11. The van der Waals surface area contributed by atoms with Gasteiger partial charge in [-0.05, 0) is 76.1 Å². The Kier molecular flexibility index (Phi) is 8.06. The quantitative estimate of drug-likeness (QED) is 0.326. The smallest absolute Gasteiger partial charge is 0.407 e. The number of likely N-dealkylation sites (tertiary alicyclic amines) is 2. The Morgan fingerprint density at radius 2 is 1.65 bits per heavy atom. The first-order valence-electron chi connectivity index (χ1n) is 14.1. The molecule has 0 aliphatic carbocycles. The average molecular weight is 600 g/mol. The van der Waals surface area contributed by atoms with E-state index in [1.807, 2.05) is 18.2 Å². The summed E-state index contributed by atoms with van der Waals surface area (Å²) in [6.07, 6.45) is 1.79. The molecule has 2 saturated heterocycles. The van der Waals surface area contributed by atoms with E-state index in [-0.39, 0.29) is 30.8 Å². The molecule has 3 aromatic carbocycles. The number of aromatic nitrogens is 4. The molecule has 1 aromatic heterocycles. The van der Waals surface area contributed by atoms with E-state index in [2.05, 4.69) is 57.2 Å². The number of nitrogens with zero attached hydrogens (tertiary/aromatic N) is 6. The molecule has 3 heterocycles. The van der Waals surface area contributed by atoms with E-state index < -0.39 is 18.2 Å². The van der Waals surface area contributed by atoms with Crippen LogP contribution in [-0.2, 0) is 16.1 Å². The molecule has 6 rings (SSSR count). The van der Waals surface area contributed by atoms with Crippen LogP contribution in [0.2, 0.25) is 5.02 Å². The maximum absolute atomic E-state index is 13.8. The standard InChI is InChI=1S/C31H30ClN7O4/c32-25-10-11-26(39-19-34-35-36-39)24(16-25)18-33-29(40)27-13-15-37(27)30(41)28-17-23(12-14-38(28)31(42)43)22-8-6-21(7-9-22)20-4-2-1-3-5-20/h1-11,16,19,23,27-28H,12-15,17-18H2,(H,33,40)(H,42,43)/t23-,27?,28+/m0/s1. The van der Waals surface area contributed by atoms with Crippen molar-refractivity contribution in [3.05, 3.63) is 95.3 Å². The van der Waals surface area contributed by atoms with Gasteiger partial charge < -0.3 is 15.3 Å². The molecule has 12 heteroatoms. The number of nitrogens with one attached hydrogen (secondary N) is 1. The Bertz CT molecular complexity index is 1620. The predicted octanol–water partition coefficient (Wildman–Crippen LogP) is 4.13. The van der Waals surface area contributed by atoms with Crippen LogP contribution < -0.4 is 5.32 Å². The minimum atomic E-state index is -1.13. The van der Waals surface area contributed by atoms with Gasteiger partial charge in [0.15, 0.2) is 0 Å². The van der Waals surface area contributed by atoms with E-state index in [0.29, 0.717) is 42.1 Å². The molecule has 220 valence electrons. The van der Waals surface area contributed by atoms with Crippen LogP contribution in [0.15, 0.2) is 79.1 Å². The second-order valence-corrected chi connectivity index (χ2v) is 11.2. The zero-order valence-electron chi connectivity index (χ0n) is 23.2. The zero-order valence-corrected chi connectivity index (χ0v) is 24.0. The number of benzene rings is 3. The van der Waals surface area contributed by atoms with Crippen LogP contribution >= 0.6 is 11.6 Å². The van der Waals surface area contributed by atoms with E-state index in [1.165, 1.54) is 20.8 Å². The van der Waals surface area contributed by atoms with Crippen molar-refractivity contribution in [2.24, 2.45) is 0 Å². The summed E-state index contributed by atoms with van der Waals surface area (Å²) in [7, 11) is 0. The number of carboxylic acid groups (broad SMARTS) is 1. The molecule has 0 saturated carbocycles. The summed E-state index contributed by atoms with van der Waals surface area (Å²) in [5.41, 5.74) is 4.65. The summed E-state index contributed by atoms with van der Waals surface area (Å²) in [4.78, 5) is 41.8. The lowest BCUT2D eigenvalue weighted by Crippen LogP contribution is -2.63. The summed E-state index contributed by atoms with van der Waals surface area (Å²) in [5, 5.41) is 24.6. The first-order chi connectivity index (χ1) is 20.9. The molecule has 43 heavy (non-hydrogen) atoms. The largest absolute Gasteiger partial charge is 0.465 e. The minimum Gasteiger partial charge on any atom is -0.465 e. The van der Waals surface area contributed by atoms with Gasteiger partial charge in [0.2, 0.25) is 11.8 Å². The van der Waals surface area contributed by atoms with E-state index >= 15 is 0 Å². The monoisotopic (exact) mass is 599 g/mol. The Balaban J connectivity index is 1.13. The number of rotatable bonds is 7. The maximum Gasteiger partial charge on any atom is 0.407 e. The van der Waals surface area contributed by atoms with Gasteiger partial charge >= 0.3 is 6.09 Å². The highest BCUT2D eigenvalue weighted by atomic mass is 35.5. The summed E-state index contributed by atoms with van der Waals surface area (Å²) < 4.78 is 1.48. The Labute approximate surface area is 253 Å². The van der Waals surface area contributed by atoms with Crippen molar-refractivity contribution in [3.8, 4) is 16.8 Å². The topological polar surface area (TPSA) is 134 Å². The normalized spacial score (nSPS) is 19.9. The molecular formula is C31H30ClN7O4. The SMILES string of the molecule is O=C(NCc1cc(Cl)ccc1-n1cnnn1)C1CCN1C(=O)[C@H]1C[C@@H](c2ccc(-c3ccccc3)cc2)CCN1C(=O)O. The van der Waals surface area contributed by atoms with Gasteiger partial charge in [-0.2, -0.15) is 0 Å². The molecule has 2 aliphatic heterocycles. The van der Waals surface area contributed by atoms with Gasteiger partial charge in [-0.3, -0.25) is 14.5 Å².